The molecule has 0 N–H and O–H groups in total. The molecule has 0 unspecified atom stereocenters. The molecule has 0 heterocycles. The maximum absolute atomic E-state index is 12.5. The average molecular weight is 360 g/mol. The molecule has 1 aliphatic rings. The summed E-state index contributed by atoms with van der Waals surface area (Å²) in [4.78, 5) is 12.5. The minimum Gasteiger partial charge on any atom is -0.468 e. The zero-order chi connectivity index (χ0) is 19.4. The minimum atomic E-state index is -0.608. The molecule has 2 aromatic rings. The molecule has 0 spiro atoms. The van der Waals surface area contributed by atoms with Crippen LogP contribution < -0.4 is 0 Å². The van der Waals surface area contributed by atoms with E-state index in [1.165, 1.54) is 29.4 Å². The first kappa shape index (κ1) is 19.2. The fraction of sp³-hybridized carbons (Fsp3) is 0.320. The molecule has 0 bridgehead atoms. The Morgan fingerprint density at radius 2 is 1.74 bits per heavy atom. The van der Waals surface area contributed by atoms with Crippen molar-refractivity contribution in [3.63, 3.8) is 0 Å². The topological polar surface area (TPSA) is 26.3 Å². The van der Waals surface area contributed by atoms with Gasteiger partial charge < -0.3 is 4.74 Å². The van der Waals surface area contributed by atoms with E-state index in [4.69, 9.17) is 4.74 Å². The minimum absolute atomic E-state index is 0.177. The van der Waals surface area contributed by atoms with Crippen LogP contribution in [0.1, 0.15) is 37.7 Å². The molecule has 2 nitrogen and oxygen atoms in total. The van der Waals surface area contributed by atoms with Gasteiger partial charge in [0.05, 0.1) is 12.5 Å². The van der Waals surface area contributed by atoms with Gasteiger partial charge in [-0.05, 0) is 54.7 Å². The Morgan fingerprint density at radius 3 is 2.30 bits per heavy atom. The summed E-state index contributed by atoms with van der Waals surface area (Å²) in [5.41, 5.74) is 4.22. The number of methoxy groups -OCH3 is 1. The summed E-state index contributed by atoms with van der Waals surface area (Å²) in [6.45, 7) is 10.3. The van der Waals surface area contributed by atoms with Gasteiger partial charge in [0.25, 0.3) is 0 Å². The highest BCUT2D eigenvalue weighted by atomic mass is 16.5. The molecule has 0 radical (unpaired) electrons. The standard InChI is InChI=1S/C25H28O2/c1-5-25(24(26)27-4)16-15-22(18(2)3)23(17-25)21-13-11-20(12-14-21)19-9-7-6-8-10-19/h5-14,22-23H,1-2,15-17H2,3-4H3/t22-,23-,25-/m0/s1. The lowest BCUT2D eigenvalue weighted by Crippen LogP contribution is -2.38. The second-order valence-corrected chi connectivity index (χ2v) is 7.64. The van der Waals surface area contributed by atoms with Crippen molar-refractivity contribution >= 4 is 5.97 Å². The number of ether oxygens (including phenoxy) is 1. The highest BCUT2D eigenvalue weighted by molar-refractivity contribution is 5.79. The Morgan fingerprint density at radius 1 is 1.11 bits per heavy atom. The Hall–Kier alpha value is -2.61. The van der Waals surface area contributed by atoms with Crippen LogP contribution in [-0.2, 0) is 9.53 Å². The van der Waals surface area contributed by atoms with Gasteiger partial charge in [-0.3, -0.25) is 4.79 Å². The monoisotopic (exact) mass is 360 g/mol. The number of hydrogen-bond donors (Lipinski definition) is 0. The number of benzene rings is 2. The second-order valence-electron chi connectivity index (χ2n) is 7.64. The van der Waals surface area contributed by atoms with Crippen molar-refractivity contribution in [3.05, 3.63) is 85.0 Å². The predicted octanol–water partition coefficient (Wildman–Crippen LogP) is 6.16. The third-order valence-electron chi connectivity index (χ3n) is 6.03. The summed E-state index contributed by atoms with van der Waals surface area (Å²) in [5, 5.41) is 0. The fourth-order valence-corrected chi connectivity index (χ4v) is 4.40. The first-order valence-electron chi connectivity index (χ1n) is 9.53. The van der Waals surface area contributed by atoms with Crippen molar-refractivity contribution in [1.82, 2.24) is 0 Å². The van der Waals surface area contributed by atoms with Gasteiger partial charge in [-0.2, -0.15) is 0 Å². The molecule has 0 aromatic heterocycles. The number of carbonyl (C=O) groups excluding carboxylic acids is 1. The lowest BCUT2D eigenvalue weighted by molar-refractivity contribution is -0.152. The molecule has 27 heavy (non-hydrogen) atoms. The van der Waals surface area contributed by atoms with Gasteiger partial charge in [0.2, 0.25) is 0 Å². The Balaban J connectivity index is 1.94. The van der Waals surface area contributed by atoms with Gasteiger partial charge in [-0.15, -0.1) is 6.58 Å². The van der Waals surface area contributed by atoms with Crippen LogP contribution in [0, 0.1) is 11.3 Å². The third kappa shape index (κ3) is 3.75. The van der Waals surface area contributed by atoms with Crippen LogP contribution in [0.15, 0.2) is 79.4 Å². The van der Waals surface area contributed by atoms with E-state index in [1.807, 2.05) is 6.07 Å². The summed E-state index contributed by atoms with van der Waals surface area (Å²) in [6, 6.07) is 19.1. The molecular formula is C25H28O2. The molecule has 0 aliphatic heterocycles. The Labute approximate surface area is 162 Å². The maximum Gasteiger partial charge on any atom is 0.315 e. The summed E-state index contributed by atoms with van der Waals surface area (Å²) < 4.78 is 5.11. The molecule has 1 saturated carbocycles. The first-order valence-corrected chi connectivity index (χ1v) is 9.53. The van der Waals surface area contributed by atoms with Crippen LogP contribution in [0.25, 0.3) is 11.1 Å². The second kappa shape index (κ2) is 7.96. The van der Waals surface area contributed by atoms with Crippen molar-refractivity contribution in [2.24, 2.45) is 11.3 Å². The number of esters is 1. The van der Waals surface area contributed by atoms with Gasteiger partial charge in [0.1, 0.15) is 0 Å². The molecule has 3 atom stereocenters. The predicted molar refractivity (Wildman–Crippen MR) is 111 cm³/mol. The third-order valence-corrected chi connectivity index (χ3v) is 6.03. The smallest absolute Gasteiger partial charge is 0.315 e. The molecule has 140 valence electrons. The highest BCUT2D eigenvalue weighted by Crippen LogP contribution is 2.50. The molecule has 1 fully saturated rings. The van der Waals surface area contributed by atoms with Crippen LogP contribution >= 0.6 is 0 Å². The van der Waals surface area contributed by atoms with E-state index in [1.54, 1.807) is 6.08 Å². The quantitative estimate of drug-likeness (QED) is 0.471. The molecule has 2 heteroatoms. The van der Waals surface area contributed by atoms with Crippen molar-refractivity contribution in [2.75, 3.05) is 7.11 Å². The molecule has 0 amide bonds. The Kier molecular flexibility index (Phi) is 5.65. The molecule has 3 rings (SSSR count). The average Bonchev–Trinajstić information content (AvgIpc) is 2.73. The van der Waals surface area contributed by atoms with Crippen molar-refractivity contribution in [2.45, 2.75) is 32.1 Å². The normalized spacial score (nSPS) is 24.8. The number of hydrogen-bond acceptors (Lipinski definition) is 2. The lowest BCUT2D eigenvalue weighted by Gasteiger charge is -2.42. The van der Waals surface area contributed by atoms with Crippen LogP contribution in [-0.4, -0.2) is 13.1 Å². The lowest BCUT2D eigenvalue weighted by atomic mass is 9.62. The van der Waals surface area contributed by atoms with Crippen molar-refractivity contribution in [1.29, 1.82) is 0 Å². The van der Waals surface area contributed by atoms with E-state index in [2.05, 4.69) is 68.6 Å². The van der Waals surface area contributed by atoms with Gasteiger partial charge in [0.15, 0.2) is 0 Å². The zero-order valence-corrected chi connectivity index (χ0v) is 16.3. The largest absolute Gasteiger partial charge is 0.468 e. The van der Waals surface area contributed by atoms with Crippen molar-refractivity contribution in [3.8, 4) is 11.1 Å². The van der Waals surface area contributed by atoms with E-state index >= 15 is 0 Å². The summed E-state index contributed by atoms with van der Waals surface area (Å²) in [6.07, 6.45) is 4.19. The molecule has 0 saturated heterocycles. The molecule has 1 aliphatic carbocycles. The van der Waals surface area contributed by atoms with E-state index in [0.29, 0.717) is 12.3 Å². The van der Waals surface area contributed by atoms with Crippen LogP contribution in [0.2, 0.25) is 0 Å². The SMILES string of the molecule is C=C[C@]1(C(=O)OC)CC[C@@H](C(=C)C)[C@H](c2ccc(-c3ccccc3)cc2)C1. The van der Waals surface area contributed by atoms with E-state index in [0.717, 1.165) is 12.8 Å². The van der Waals surface area contributed by atoms with Gasteiger partial charge in [0, 0.05) is 0 Å². The number of rotatable bonds is 5. The zero-order valence-electron chi connectivity index (χ0n) is 16.3. The van der Waals surface area contributed by atoms with Gasteiger partial charge >= 0.3 is 5.97 Å². The van der Waals surface area contributed by atoms with Gasteiger partial charge in [-0.1, -0.05) is 72.8 Å². The van der Waals surface area contributed by atoms with E-state index in [9.17, 15) is 4.79 Å². The number of allylic oxidation sites excluding steroid dienone is 1. The summed E-state index contributed by atoms with van der Waals surface area (Å²) >= 11 is 0. The van der Waals surface area contributed by atoms with E-state index < -0.39 is 5.41 Å². The fourth-order valence-electron chi connectivity index (χ4n) is 4.40. The first-order chi connectivity index (χ1) is 13.0. The van der Waals surface area contributed by atoms with Crippen LogP contribution in [0.4, 0.5) is 0 Å². The number of carbonyl (C=O) groups is 1. The maximum atomic E-state index is 12.5. The summed E-state index contributed by atoms with van der Waals surface area (Å²) in [7, 11) is 1.46. The highest BCUT2D eigenvalue weighted by Gasteiger charge is 2.45. The Bertz CT molecular complexity index is 819. The van der Waals surface area contributed by atoms with Crippen molar-refractivity contribution < 1.29 is 9.53 Å². The molecule has 2 aromatic carbocycles. The summed E-state index contributed by atoms with van der Waals surface area (Å²) in [5.74, 6) is 0.423. The van der Waals surface area contributed by atoms with Crippen LogP contribution in [0.3, 0.4) is 0 Å². The molecular weight excluding hydrogens is 332 g/mol. The van der Waals surface area contributed by atoms with E-state index in [-0.39, 0.29) is 11.9 Å². The van der Waals surface area contributed by atoms with Gasteiger partial charge in [-0.25, -0.2) is 0 Å². The van der Waals surface area contributed by atoms with Crippen LogP contribution in [0.5, 0.6) is 0 Å².